The quantitative estimate of drug-likeness (QED) is 0.658. The number of benzene rings is 2. The molecule has 0 spiro atoms. The number of hydrogen-bond donors (Lipinski definition) is 1. The van der Waals surface area contributed by atoms with Crippen LogP contribution in [-0.2, 0) is 20.0 Å². The molecule has 148 valence electrons. The number of nitrogens with zero attached hydrogens (tertiary/aromatic N) is 1. The molecule has 1 aromatic heterocycles. The predicted molar refractivity (Wildman–Crippen MR) is 112 cm³/mol. The molecule has 0 radical (unpaired) electrons. The van der Waals surface area contributed by atoms with Crippen molar-refractivity contribution in [3.05, 3.63) is 53.9 Å². The molecule has 1 saturated heterocycles. The first-order valence-electron chi connectivity index (χ1n) is 8.97. The van der Waals surface area contributed by atoms with Gasteiger partial charge in [0, 0.05) is 23.5 Å². The Morgan fingerprint density at radius 2 is 1.50 bits per heavy atom. The summed E-state index contributed by atoms with van der Waals surface area (Å²) >= 11 is 1.59. The summed E-state index contributed by atoms with van der Waals surface area (Å²) in [5.74, 6) is 0. The van der Waals surface area contributed by atoms with E-state index in [9.17, 15) is 16.8 Å². The lowest BCUT2D eigenvalue weighted by Gasteiger charge is -2.25. The van der Waals surface area contributed by atoms with Gasteiger partial charge in [-0.1, -0.05) is 6.42 Å². The van der Waals surface area contributed by atoms with E-state index in [1.54, 1.807) is 23.5 Å². The Hall–Kier alpha value is -1.94. The van der Waals surface area contributed by atoms with Crippen molar-refractivity contribution in [1.29, 1.82) is 0 Å². The third kappa shape index (κ3) is 3.80. The van der Waals surface area contributed by atoms with Gasteiger partial charge in [0.1, 0.15) is 0 Å². The lowest BCUT2D eigenvalue weighted by molar-refractivity contribution is 0.346. The van der Waals surface area contributed by atoms with E-state index in [0.29, 0.717) is 18.8 Å². The molecule has 1 fully saturated rings. The Morgan fingerprint density at radius 1 is 0.821 bits per heavy atom. The first-order chi connectivity index (χ1) is 13.4. The van der Waals surface area contributed by atoms with Crippen molar-refractivity contribution in [3.63, 3.8) is 0 Å². The molecule has 0 aliphatic carbocycles. The largest absolute Gasteiger partial charge is 0.280 e. The molecule has 0 unspecified atom stereocenters. The van der Waals surface area contributed by atoms with Crippen LogP contribution in [-0.4, -0.2) is 34.2 Å². The molecule has 1 aliphatic heterocycles. The normalized spacial score (nSPS) is 16.3. The molecule has 2 heterocycles. The topological polar surface area (TPSA) is 83.5 Å². The minimum absolute atomic E-state index is 0.0236. The van der Waals surface area contributed by atoms with Crippen LogP contribution < -0.4 is 4.72 Å². The summed E-state index contributed by atoms with van der Waals surface area (Å²) in [6.07, 6.45) is 2.74. The summed E-state index contributed by atoms with van der Waals surface area (Å²) in [5.41, 5.74) is 0.468. The Labute approximate surface area is 168 Å². The molecule has 2 aromatic carbocycles. The van der Waals surface area contributed by atoms with E-state index in [1.165, 1.54) is 28.6 Å². The smallest absolute Gasteiger partial charge is 0.261 e. The monoisotopic (exact) mass is 436 g/mol. The lowest BCUT2D eigenvalue weighted by atomic mass is 10.2. The fourth-order valence-corrected chi connectivity index (χ4v) is 6.63. The lowest BCUT2D eigenvalue weighted by Crippen LogP contribution is -2.35. The number of thiophene rings is 1. The first kappa shape index (κ1) is 19.4. The van der Waals surface area contributed by atoms with Gasteiger partial charge in [0.25, 0.3) is 10.0 Å². The molecular weight excluding hydrogens is 416 g/mol. The number of hydrogen-bond acceptors (Lipinski definition) is 5. The maximum atomic E-state index is 12.7. The summed E-state index contributed by atoms with van der Waals surface area (Å²) in [6.45, 7) is 1.02. The van der Waals surface area contributed by atoms with Crippen molar-refractivity contribution in [2.24, 2.45) is 0 Å². The Bertz CT molecular complexity index is 1190. The minimum Gasteiger partial charge on any atom is -0.280 e. The average molecular weight is 437 g/mol. The molecule has 4 rings (SSSR count). The minimum atomic E-state index is -3.81. The summed E-state index contributed by atoms with van der Waals surface area (Å²) in [4.78, 5) is 0.142. The Kier molecular flexibility index (Phi) is 5.17. The van der Waals surface area contributed by atoms with Gasteiger partial charge in [-0.05, 0) is 72.1 Å². The van der Waals surface area contributed by atoms with E-state index in [2.05, 4.69) is 4.72 Å². The highest BCUT2D eigenvalue weighted by molar-refractivity contribution is 7.92. The van der Waals surface area contributed by atoms with E-state index < -0.39 is 20.0 Å². The van der Waals surface area contributed by atoms with E-state index in [0.717, 1.165) is 29.3 Å². The Morgan fingerprint density at radius 3 is 2.21 bits per heavy atom. The van der Waals surface area contributed by atoms with Crippen LogP contribution in [0.4, 0.5) is 5.69 Å². The number of fused-ring (bicyclic) bond motifs is 1. The number of anilines is 1. The molecule has 0 amide bonds. The van der Waals surface area contributed by atoms with Gasteiger partial charge in [0.05, 0.1) is 9.79 Å². The van der Waals surface area contributed by atoms with Gasteiger partial charge < -0.3 is 0 Å². The van der Waals surface area contributed by atoms with Gasteiger partial charge in [-0.3, -0.25) is 4.72 Å². The molecule has 1 aliphatic rings. The molecule has 0 saturated carbocycles. The van der Waals surface area contributed by atoms with Crippen molar-refractivity contribution in [2.45, 2.75) is 29.1 Å². The van der Waals surface area contributed by atoms with Crippen molar-refractivity contribution in [1.82, 2.24) is 4.31 Å². The van der Waals surface area contributed by atoms with Crippen LogP contribution in [0, 0.1) is 0 Å². The van der Waals surface area contributed by atoms with Crippen molar-refractivity contribution < 1.29 is 16.8 Å². The molecule has 28 heavy (non-hydrogen) atoms. The maximum Gasteiger partial charge on any atom is 0.261 e. The molecule has 6 nitrogen and oxygen atoms in total. The van der Waals surface area contributed by atoms with Gasteiger partial charge in [0.15, 0.2) is 0 Å². The van der Waals surface area contributed by atoms with E-state index in [-0.39, 0.29) is 9.79 Å². The number of piperidine rings is 1. The van der Waals surface area contributed by atoms with E-state index in [1.807, 2.05) is 17.5 Å². The molecule has 0 bridgehead atoms. The zero-order valence-electron chi connectivity index (χ0n) is 15.0. The highest BCUT2D eigenvalue weighted by atomic mass is 32.2. The fraction of sp³-hybridized carbons (Fsp3) is 0.263. The second kappa shape index (κ2) is 7.47. The van der Waals surface area contributed by atoms with Gasteiger partial charge in [-0.25, -0.2) is 16.8 Å². The first-order valence-corrected chi connectivity index (χ1v) is 12.8. The van der Waals surface area contributed by atoms with Crippen molar-refractivity contribution in [2.75, 3.05) is 17.8 Å². The SMILES string of the molecule is O=S(=O)(Nc1ccc2sccc2c1)c1ccc(S(=O)(=O)N2CCCCC2)cc1. The van der Waals surface area contributed by atoms with Crippen LogP contribution in [0.5, 0.6) is 0 Å². The van der Waals surface area contributed by atoms with Crippen LogP contribution in [0.2, 0.25) is 0 Å². The molecule has 1 N–H and O–H groups in total. The van der Waals surface area contributed by atoms with Crippen LogP contribution in [0.25, 0.3) is 10.1 Å². The van der Waals surface area contributed by atoms with Crippen molar-refractivity contribution >= 4 is 47.2 Å². The zero-order chi connectivity index (χ0) is 19.8. The summed E-state index contributed by atoms with van der Waals surface area (Å²) in [6, 6.07) is 12.7. The van der Waals surface area contributed by atoms with Gasteiger partial charge >= 0.3 is 0 Å². The van der Waals surface area contributed by atoms with Crippen LogP contribution >= 0.6 is 11.3 Å². The highest BCUT2D eigenvalue weighted by Crippen LogP contribution is 2.26. The summed E-state index contributed by atoms with van der Waals surface area (Å²) in [7, 11) is -7.39. The van der Waals surface area contributed by atoms with E-state index >= 15 is 0 Å². The second-order valence-corrected chi connectivity index (χ2v) is 11.3. The van der Waals surface area contributed by atoms with E-state index in [4.69, 9.17) is 0 Å². The number of sulfonamides is 2. The summed E-state index contributed by atoms with van der Waals surface area (Å²) < 4.78 is 55.8. The summed E-state index contributed by atoms with van der Waals surface area (Å²) in [5, 5.41) is 2.91. The van der Waals surface area contributed by atoms with Gasteiger partial charge in [0.2, 0.25) is 10.0 Å². The molecule has 3 aromatic rings. The average Bonchev–Trinajstić information content (AvgIpc) is 3.16. The zero-order valence-corrected chi connectivity index (χ0v) is 17.5. The fourth-order valence-electron chi connectivity index (χ4n) is 3.29. The molecular formula is C19H20N2O4S3. The van der Waals surface area contributed by atoms with Crippen molar-refractivity contribution in [3.8, 4) is 0 Å². The van der Waals surface area contributed by atoms with Gasteiger partial charge in [-0.15, -0.1) is 11.3 Å². The van der Waals surface area contributed by atoms with Gasteiger partial charge in [-0.2, -0.15) is 4.31 Å². The number of nitrogens with one attached hydrogen (secondary N) is 1. The number of rotatable bonds is 5. The molecule has 9 heteroatoms. The molecule has 0 atom stereocenters. The second-order valence-electron chi connectivity index (χ2n) is 6.71. The third-order valence-corrected chi connectivity index (χ3v) is 9.00. The van der Waals surface area contributed by atoms with Crippen LogP contribution in [0.1, 0.15) is 19.3 Å². The van der Waals surface area contributed by atoms with Crippen LogP contribution in [0.3, 0.4) is 0 Å². The third-order valence-electron chi connectivity index (χ3n) is 4.79. The predicted octanol–water partition coefficient (Wildman–Crippen LogP) is 3.88. The Balaban J connectivity index is 1.56. The highest BCUT2D eigenvalue weighted by Gasteiger charge is 2.26. The standard InChI is InChI=1S/C19H20N2O4S3/c22-27(23,20-16-4-9-19-15(14-16)10-13-26-19)17-5-7-18(8-6-17)28(24,25)21-11-2-1-3-12-21/h4-10,13-14,20H,1-3,11-12H2. The maximum absolute atomic E-state index is 12.7. The van der Waals surface area contributed by atoms with Crippen LogP contribution in [0.15, 0.2) is 63.7 Å².